The molecule has 1 heterocycles. The summed E-state index contributed by atoms with van der Waals surface area (Å²) in [6.45, 7) is 2.16. The van der Waals surface area contributed by atoms with Crippen molar-refractivity contribution in [3.63, 3.8) is 0 Å². The van der Waals surface area contributed by atoms with Gasteiger partial charge in [-0.25, -0.2) is 6.07 Å². The second-order valence-corrected chi connectivity index (χ2v) is 9.17. The van der Waals surface area contributed by atoms with Crippen LogP contribution >= 0.6 is 27.3 Å². The zero-order valence-corrected chi connectivity index (χ0v) is 21.3. The van der Waals surface area contributed by atoms with Crippen molar-refractivity contribution in [3.05, 3.63) is 62.3 Å². The predicted molar refractivity (Wildman–Crippen MR) is 116 cm³/mol. The van der Waals surface area contributed by atoms with Crippen LogP contribution in [-0.4, -0.2) is 5.11 Å². The standard InChI is InChI=1S/C23H28BrOS.Y/c1-2-3-9-22(25)17-10-12-19(13-11-17)23-18(14-15-21(23)24)6-4-7-20-8-5-16-26-20;/h5,8,10-13,18,22,25H,2-4,6-7,9,14-15H2,1H3;/q-1;/t18-,22?;/m0./s1. The monoisotopic (exact) mass is 520 g/mol. The van der Waals surface area contributed by atoms with Gasteiger partial charge in [-0.05, 0) is 52.8 Å². The molecule has 0 bridgehead atoms. The van der Waals surface area contributed by atoms with Gasteiger partial charge in [0.2, 0.25) is 0 Å². The number of benzene rings is 1. The first-order valence-electron chi connectivity index (χ1n) is 9.80. The minimum atomic E-state index is -0.330. The van der Waals surface area contributed by atoms with Gasteiger partial charge < -0.3 is 16.4 Å². The third-order valence-electron chi connectivity index (χ3n) is 5.35. The summed E-state index contributed by atoms with van der Waals surface area (Å²) in [5.41, 5.74) is 3.84. The maximum absolute atomic E-state index is 10.3. The fourth-order valence-corrected chi connectivity index (χ4v) is 5.31. The predicted octanol–water partition coefficient (Wildman–Crippen LogP) is 7.31. The van der Waals surface area contributed by atoms with Crippen molar-refractivity contribution >= 4 is 32.8 Å². The topological polar surface area (TPSA) is 20.2 Å². The average molecular weight is 521 g/mol. The van der Waals surface area contributed by atoms with Gasteiger partial charge in [-0.15, -0.1) is 10.3 Å². The van der Waals surface area contributed by atoms with Crippen molar-refractivity contribution in [2.45, 2.75) is 64.4 Å². The van der Waals surface area contributed by atoms with Crippen molar-refractivity contribution in [3.8, 4) is 0 Å². The number of hydrogen-bond acceptors (Lipinski definition) is 2. The van der Waals surface area contributed by atoms with Gasteiger partial charge in [0.05, 0.1) is 6.10 Å². The van der Waals surface area contributed by atoms with E-state index in [9.17, 15) is 5.11 Å². The molecule has 27 heavy (non-hydrogen) atoms. The van der Waals surface area contributed by atoms with Gasteiger partial charge in [-0.3, -0.25) is 0 Å². The smallest absolute Gasteiger partial charge is 0.0790 e. The molecule has 0 amide bonds. The zero-order valence-electron chi connectivity index (χ0n) is 16.1. The zero-order chi connectivity index (χ0) is 18.4. The Bertz CT molecular complexity index is 708. The van der Waals surface area contributed by atoms with Gasteiger partial charge in [-0.1, -0.05) is 72.8 Å². The number of aryl methyl sites for hydroxylation is 1. The van der Waals surface area contributed by atoms with E-state index in [0.717, 1.165) is 37.7 Å². The third kappa shape index (κ3) is 6.61. The number of rotatable bonds is 9. The Labute approximate surface area is 201 Å². The minimum Gasteiger partial charge on any atom is -0.388 e. The van der Waals surface area contributed by atoms with Crippen molar-refractivity contribution in [1.29, 1.82) is 0 Å². The molecule has 1 N–H and O–H groups in total. The summed E-state index contributed by atoms with van der Waals surface area (Å²) in [4.78, 5) is 1.44. The second-order valence-electron chi connectivity index (χ2n) is 7.25. The summed E-state index contributed by atoms with van der Waals surface area (Å²) in [5, 5.41) is 13.5. The quantitative estimate of drug-likeness (QED) is 0.343. The maximum Gasteiger partial charge on any atom is 0.0790 e. The molecule has 2 atom stereocenters. The van der Waals surface area contributed by atoms with Gasteiger partial charge in [0.1, 0.15) is 0 Å². The van der Waals surface area contributed by atoms with E-state index >= 15 is 0 Å². The van der Waals surface area contributed by atoms with E-state index in [-0.39, 0.29) is 38.8 Å². The summed E-state index contributed by atoms with van der Waals surface area (Å²) in [6, 6.07) is 12.8. The molecule has 1 nitrogen and oxygen atoms in total. The Morgan fingerprint density at radius 3 is 2.67 bits per heavy atom. The first-order valence-corrected chi connectivity index (χ1v) is 11.4. The van der Waals surface area contributed by atoms with E-state index in [2.05, 4.69) is 58.6 Å². The molecule has 3 rings (SSSR count). The average Bonchev–Trinajstić information content (AvgIpc) is 3.30. The van der Waals surface area contributed by atoms with Crippen molar-refractivity contribution in [2.24, 2.45) is 5.92 Å². The summed E-state index contributed by atoms with van der Waals surface area (Å²) < 4.78 is 1.37. The molecular weight excluding hydrogens is 493 g/mol. The second kappa shape index (κ2) is 12.0. The normalized spacial score (nSPS) is 17.8. The van der Waals surface area contributed by atoms with Gasteiger partial charge in [0.15, 0.2) is 0 Å². The van der Waals surface area contributed by atoms with Gasteiger partial charge >= 0.3 is 0 Å². The fraction of sp³-hybridized carbons (Fsp3) is 0.478. The number of aliphatic hydroxyl groups is 1. The van der Waals surface area contributed by atoms with Crippen molar-refractivity contribution in [2.75, 3.05) is 0 Å². The van der Waals surface area contributed by atoms with Crippen LogP contribution in [-0.2, 0) is 39.1 Å². The van der Waals surface area contributed by atoms with Crippen LogP contribution in [0, 0.1) is 11.3 Å². The number of halogens is 1. The molecule has 143 valence electrons. The number of aliphatic hydroxyl groups excluding tert-OH is 1. The Balaban J connectivity index is 0.00000261. The first kappa shape index (κ1) is 23.5. The van der Waals surface area contributed by atoms with Crippen LogP contribution in [0.1, 0.15) is 74.0 Å². The molecule has 0 spiro atoms. The summed E-state index contributed by atoms with van der Waals surface area (Å²) in [6.07, 6.45) is 8.75. The summed E-state index contributed by atoms with van der Waals surface area (Å²) in [5.74, 6) is 0.643. The first-order chi connectivity index (χ1) is 12.7. The molecule has 0 fully saturated rings. The van der Waals surface area contributed by atoms with Crippen LogP contribution in [0.15, 0.2) is 40.9 Å². The molecule has 0 saturated heterocycles. The Morgan fingerprint density at radius 2 is 2.00 bits per heavy atom. The molecule has 2 aromatic rings. The van der Waals surface area contributed by atoms with E-state index in [0.29, 0.717) is 5.92 Å². The van der Waals surface area contributed by atoms with Crippen LogP contribution in [0.2, 0.25) is 0 Å². The molecular formula is C23H28BrOSY-. The number of thiophene rings is 1. The molecule has 1 aromatic carbocycles. The van der Waals surface area contributed by atoms with E-state index in [1.54, 1.807) is 11.3 Å². The van der Waals surface area contributed by atoms with Crippen LogP contribution in [0.25, 0.3) is 5.57 Å². The SMILES string of the molecule is CCCCC(O)c1ccc(C2=C(Br)CC[C@@H]2CCCc2cc[c-]s2)cc1.[Y]. The van der Waals surface area contributed by atoms with Gasteiger partial charge in [0, 0.05) is 32.7 Å². The van der Waals surface area contributed by atoms with E-state index in [1.807, 2.05) is 6.07 Å². The largest absolute Gasteiger partial charge is 0.388 e. The molecule has 1 radical (unpaired) electrons. The molecule has 4 heteroatoms. The summed E-state index contributed by atoms with van der Waals surface area (Å²) in [7, 11) is 0. The number of hydrogen-bond donors (Lipinski definition) is 1. The van der Waals surface area contributed by atoms with Crippen LogP contribution < -0.4 is 0 Å². The Kier molecular flexibility index (Phi) is 10.5. The molecule has 1 unspecified atom stereocenters. The molecule has 0 aliphatic heterocycles. The van der Waals surface area contributed by atoms with Crippen molar-refractivity contribution < 1.29 is 37.8 Å². The summed E-state index contributed by atoms with van der Waals surface area (Å²) >= 11 is 5.56. The van der Waals surface area contributed by atoms with E-state index < -0.39 is 0 Å². The number of unbranched alkanes of at least 4 members (excludes halogenated alkanes) is 1. The van der Waals surface area contributed by atoms with E-state index in [1.165, 1.54) is 39.8 Å². The number of allylic oxidation sites excluding steroid dienone is 2. The molecule has 1 aliphatic carbocycles. The maximum atomic E-state index is 10.3. The van der Waals surface area contributed by atoms with Gasteiger partial charge in [0.25, 0.3) is 0 Å². The van der Waals surface area contributed by atoms with E-state index in [4.69, 9.17) is 0 Å². The van der Waals surface area contributed by atoms with Crippen LogP contribution in [0.4, 0.5) is 0 Å². The third-order valence-corrected chi connectivity index (χ3v) is 7.03. The Morgan fingerprint density at radius 1 is 1.22 bits per heavy atom. The molecule has 1 aliphatic rings. The molecule has 0 saturated carbocycles. The van der Waals surface area contributed by atoms with Gasteiger partial charge in [-0.2, -0.15) is 6.07 Å². The fourth-order valence-electron chi connectivity index (χ4n) is 3.86. The minimum absolute atomic E-state index is 0. The van der Waals surface area contributed by atoms with Crippen LogP contribution in [0.3, 0.4) is 0 Å². The molecule has 1 aromatic heterocycles. The Hall–Kier alpha value is 0.204. The van der Waals surface area contributed by atoms with Crippen LogP contribution in [0.5, 0.6) is 0 Å². The van der Waals surface area contributed by atoms with Crippen molar-refractivity contribution in [1.82, 2.24) is 0 Å².